The van der Waals surface area contributed by atoms with Crippen molar-refractivity contribution in [2.45, 2.75) is 104 Å². The second-order valence-corrected chi connectivity index (χ2v) is 17.1. The average Bonchev–Trinajstić information content (AvgIpc) is 2.10. The average molecular weight is 433 g/mol. The van der Waals surface area contributed by atoms with Crippen LogP contribution in [0.1, 0.15) is 83.1 Å². The van der Waals surface area contributed by atoms with Gasteiger partial charge in [0.05, 0.1) is 20.6 Å². The minimum absolute atomic E-state index is 0. The summed E-state index contributed by atoms with van der Waals surface area (Å²) in [4.78, 5) is 19.6. The first-order valence-corrected chi connectivity index (χ1v) is 10.3. The Morgan fingerprint density at radius 2 is 0.524 bits per heavy atom. The van der Waals surface area contributed by atoms with Gasteiger partial charge in [0.2, 0.25) is 0 Å². The van der Waals surface area contributed by atoms with Gasteiger partial charge in [-0.1, -0.05) is 0 Å². The molecule has 0 amide bonds. The van der Waals surface area contributed by atoms with Crippen LogP contribution in [0.3, 0.4) is 0 Å². The maximum atomic E-state index is 9.82. The Balaban J connectivity index is -0.000000295. The molecule has 0 radical (unpaired) electrons. The zero-order valence-corrected chi connectivity index (χ0v) is 19.8. The molecule has 0 saturated heterocycles. The quantitative estimate of drug-likeness (QED) is 0.397. The van der Waals surface area contributed by atoms with E-state index in [2.05, 4.69) is 83.1 Å². The van der Waals surface area contributed by atoms with Crippen molar-refractivity contribution in [2.24, 2.45) is 0 Å². The van der Waals surface area contributed by atoms with Crippen molar-refractivity contribution in [3.05, 3.63) is 0 Å². The topological polar surface area (TPSA) is 40.5 Å². The molecule has 0 heterocycles. The van der Waals surface area contributed by atoms with E-state index in [1.807, 2.05) is 0 Å². The van der Waals surface area contributed by atoms with Crippen molar-refractivity contribution in [3.63, 3.8) is 0 Å². The molecule has 134 valence electrons. The van der Waals surface area contributed by atoms with Gasteiger partial charge in [-0.2, -0.15) is 0 Å². The molecule has 0 unspecified atom stereocenters. The van der Waals surface area contributed by atoms with Crippen LogP contribution in [0.4, 0.5) is 0 Å². The summed E-state index contributed by atoms with van der Waals surface area (Å²) in [5, 5.41) is 0.400. The summed E-state index contributed by atoms with van der Waals surface area (Å²) < 4.78 is 0. The van der Waals surface area contributed by atoms with Crippen LogP contribution in [-0.4, -0.2) is 30.4 Å². The largest absolute Gasteiger partial charge is 0.253 e. The van der Waals surface area contributed by atoms with E-state index < -0.39 is 16.3 Å². The molecule has 0 aliphatic rings. The minimum atomic E-state index is -1.22. The normalized spacial score (nSPS) is 13.7. The first-order valence-electron chi connectivity index (χ1n) is 7.45. The molecule has 2 nitrogen and oxygen atoms in total. The first kappa shape index (κ1) is 27.3. The van der Waals surface area contributed by atoms with E-state index in [-0.39, 0.29) is 41.0 Å². The van der Waals surface area contributed by atoms with Crippen LogP contribution in [0.2, 0.25) is 0 Å². The molecule has 0 aliphatic carbocycles. The summed E-state index contributed by atoms with van der Waals surface area (Å²) in [6.45, 7) is 25.2. The Morgan fingerprint density at radius 3 is 0.524 bits per heavy atom. The van der Waals surface area contributed by atoms with E-state index in [0.29, 0.717) is 0 Å². The van der Waals surface area contributed by atoms with Gasteiger partial charge in [0.15, 0.2) is 0 Å². The van der Waals surface area contributed by atoms with E-state index in [1.165, 1.54) is 0 Å². The van der Waals surface area contributed by atoms with E-state index in [4.69, 9.17) is 0 Å². The Kier molecular flexibility index (Phi) is 11.8. The van der Waals surface area contributed by atoms with Crippen molar-refractivity contribution >= 4 is 16.3 Å². The molecule has 5 heteroatoms. The van der Waals surface area contributed by atoms with E-state index in [9.17, 15) is 9.79 Å². The molecule has 0 spiro atoms. The standard InChI is InChI=1S/2C8H19OP.Pd/c2*1-7(2,3)10(9)8(4,5)6;/h2*9H,1-6H3;/p+2. The first-order chi connectivity index (χ1) is 8.31. The number of hydrogen-bond donors (Lipinski definition) is 2. The maximum absolute atomic E-state index is 9.82. The summed E-state index contributed by atoms with van der Waals surface area (Å²) in [6, 6.07) is 0. The fourth-order valence-electron chi connectivity index (χ4n) is 2.25. The summed E-state index contributed by atoms with van der Waals surface area (Å²) in [5.41, 5.74) is 0. The molecule has 0 aromatic rings. The van der Waals surface area contributed by atoms with Crippen LogP contribution in [0.5, 0.6) is 0 Å². The molecule has 0 bridgehead atoms. The van der Waals surface area contributed by atoms with Gasteiger partial charge >= 0.3 is 0 Å². The summed E-state index contributed by atoms with van der Waals surface area (Å²) in [5.74, 6) is 0. The molecule has 0 atom stereocenters. The predicted octanol–water partition coefficient (Wildman–Crippen LogP) is 5.41. The minimum Gasteiger partial charge on any atom is -0.253 e. The predicted molar refractivity (Wildman–Crippen MR) is 100 cm³/mol. The van der Waals surface area contributed by atoms with E-state index in [0.717, 1.165) is 0 Å². The van der Waals surface area contributed by atoms with Crippen molar-refractivity contribution in [3.8, 4) is 0 Å². The van der Waals surface area contributed by atoms with Gasteiger partial charge in [-0.25, -0.2) is 0 Å². The Bertz CT molecular complexity index is 223. The molecule has 0 saturated carbocycles. The summed E-state index contributed by atoms with van der Waals surface area (Å²) in [6.07, 6.45) is 0. The van der Waals surface area contributed by atoms with Gasteiger partial charge in [-0.15, -0.1) is 0 Å². The smallest absolute Gasteiger partial charge is 0.139 e. The molecule has 2 N–H and O–H groups in total. The van der Waals surface area contributed by atoms with Gasteiger partial charge in [0.25, 0.3) is 0 Å². The van der Waals surface area contributed by atoms with Crippen molar-refractivity contribution in [1.29, 1.82) is 0 Å². The molecular formula is C16H40O2P2Pd+2. The molecular weight excluding hydrogens is 393 g/mol. The van der Waals surface area contributed by atoms with Crippen LogP contribution >= 0.6 is 16.3 Å². The third kappa shape index (κ3) is 12.5. The van der Waals surface area contributed by atoms with Gasteiger partial charge in [-0.05, 0) is 83.1 Å². The Labute approximate surface area is 150 Å². The molecule has 0 fully saturated rings. The van der Waals surface area contributed by atoms with Crippen molar-refractivity contribution < 1.29 is 30.2 Å². The van der Waals surface area contributed by atoms with Crippen LogP contribution < -0.4 is 0 Å². The summed E-state index contributed by atoms with van der Waals surface area (Å²) in [7, 11) is -2.44. The molecule has 0 aromatic carbocycles. The number of hydrogen-bond acceptors (Lipinski definition) is 2. The Morgan fingerprint density at radius 1 is 0.429 bits per heavy atom. The Hall–Kier alpha value is 1.44. The number of rotatable bonds is 0. The third-order valence-electron chi connectivity index (χ3n) is 2.84. The van der Waals surface area contributed by atoms with Gasteiger partial charge in [0.1, 0.15) is 16.3 Å². The fraction of sp³-hybridized carbons (Fsp3) is 1.00. The van der Waals surface area contributed by atoms with Crippen molar-refractivity contribution in [2.75, 3.05) is 0 Å². The van der Waals surface area contributed by atoms with E-state index >= 15 is 0 Å². The molecule has 0 aliphatic heterocycles. The zero-order chi connectivity index (χ0) is 17.2. The van der Waals surface area contributed by atoms with Crippen LogP contribution in [0.15, 0.2) is 0 Å². The SMILES string of the molecule is CC(C)(C)[PH+](O)C(C)(C)C.CC(C)(C)[PH+](O)C(C)(C)C.[Pd]. The molecule has 21 heavy (non-hydrogen) atoms. The van der Waals surface area contributed by atoms with Gasteiger partial charge in [0, 0.05) is 20.4 Å². The summed E-state index contributed by atoms with van der Waals surface area (Å²) >= 11 is 0. The monoisotopic (exact) mass is 432 g/mol. The second kappa shape index (κ2) is 9.06. The van der Waals surface area contributed by atoms with Crippen molar-refractivity contribution in [1.82, 2.24) is 0 Å². The zero-order valence-electron chi connectivity index (χ0n) is 16.2. The van der Waals surface area contributed by atoms with Gasteiger partial charge in [-0.3, -0.25) is 9.79 Å². The van der Waals surface area contributed by atoms with Gasteiger partial charge < -0.3 is 0 Å². The third-order valence-corrected chi connectivity index (χ3v) is 8.52. The van der Waals surface area contributed by atoms with E-state index in [1.54, 1.807) is 0 Å². The fourth-order valence-corrected chi connectivity index (χ4v) is 6.75. The molecule has 0 rings (SSSR count). The maximum Gasteiger partial charge on any atom is 0.139 e. The molecule has 0 aromatic heterocycles. The van der Waals surface area contributed by atoms with Crippen LogP contribution in [0.25, 0.3) is 0 Å². The van der Waals surface area contributed by atoms with Crippen LogP contribution in [-0.2, 0) is 20.4 Å². The van der Waals surface area contributed by atoms with Crippen LogP contribution in [0, 0.1) is 0 Å². The second-order valence-electron chi connectivity index (χ2n) is 9.70.